The normalized spacial score (nSPS) is 14.6. The van der Waals surface area contributed by atoms with E-state index >= 15 is 0 Å². The zero-order chi connectivity index (χ0) is 22.1. The molecule has 0 spiro atoms. The fraction of sp³-hybridized carbons (Fsp3) is 0.273. The van der Waals surface area contributed by atoms with E-state index in [1.165, 1.54) is 32.6 Å². The first-order valence-corrected chi connectivity index (χ1v) is 11.6. The third kappa shape index (κ3) is 4.03. The molecular weight excluding hydrogens is 432 g/mol. The zero-order valence-electron chi connectivity index (χ0n) is 17.3. The molecule has 3 aromatic rings. The van der Waals surface area contributed by atoms with Crippen molar-refractivity contribution in [2.24, 2.45) is 0 Å². The number of allylic oxidation sites excluding steroid dienone is 1. The number of carbonyl (C=O) groups excluding carboxylic acids is 2. The maximum atomic E-state index is 13.4. The number of fused-ring (bicyclic) bond motifs is 1. The van der Waals surface area contributed by atoms with E-state index in [2.05, 4.69) is 11.9 Å². The third-order valence-corrected chi connectivity index (χ3v) is 7.04. The van der Waals surface area contributed by atoms with Crippen LogP contribution in [0.1, 0.15) is 12.5 Å². The van der Waals surface area contributed by atoms with Crippen molar-refractivity contribution in [2.75, 3.05) is 13.1 Å². The second-order valence-corrected chi connectivity index (χ2v) is 9.44. The number of urea groups is 1. The van der Waals surface area contributed by atoms with E-state index in [0.29, 0.717) is 28.5 Å². The highest BCUT2D eigenvalue weighted by molar-refractivity contribution is 8.00. The molecule has 160 valence electrons. The lowest BCUT2D eigenvalue weighted by Gasteiger charge is -2.18. The van der Waals surface area contributed by atoms with E-state index in [0.717, 1.165) is 16.7 Å². The molecule has 7 nitrogen and oxygen atoms in total. The Morgan fingerprint density at radius 2 is 2.10 bits per heavy atom. The van der Waals surface area contributed by atoms with Crippen LogP contribution < -0.4 is 10.9 Å². The van der Waals surface area contributed by atoms with Crippen LogP contribution in [0.3, 0.4) is 0 Å². The summed E-state index contributed by atoms with van der Waals surface area (Å²) in [6.45, 7) is 8.57. The smallest absolute Gasteiger partial charge is 0.324 e. The number of aromatic nitrogens is 2. The summed E-state index contributed by atoms with van der Waals surface area (Å²) < 4.78 is 1.54. The van der Waals surface area contributed by atoms with Gasteiger partial charge in [-0.05, 0) is 19.4 Å². The van der Waals surface area contributed by atoms with Crippen molar-refractivity contribution in [2.45, 2.75) is 30.8 Å². The molecule has 3 heterocycles. The fourth-order valence-electron chi connectivity index (χ4n) is 3.44. The number of hydrogen-bond acceptors (Lipinski definition) is 6. The van der Waals surface area contributed by atoms with Crippen molar-refractivity contribution in [3.63, 3.8) is 0 Å². The monoisotopic (exact) mass is 454 g/mol. The number of rotatable bonds is 6. The summed E-state index contributed by atoms with van der Waals surface area (Å²) in [5.41, 5.74) is 2.80. The van der Waals surface area contributed by atoms with Gasteiger partial charge in [0.05, 0.1) is 10.6 Å². The van der Waals surface area contributed by atoms with Gasteiger partial charge in [-0.2, -0.15) is 0 Å². The van der Waals surface area contributed by atoms with E-state index in [1.807, 2.05) is 36.6 Å². The van der Waals surface area contributed by atoms with E-state index < -0.39 is 5.25 Å². The summed E-state index contributed by atoms with van der Waals surface area (Å²) in [4.78, 5) is 44.5. The number of nitrogens with one attached hydrogen (secondary N) is 1. The highest BCUT2D eigenvalue weighted by Gasteiger charge is 2.31. The molecule has 1 atom stereocenters. The second-order valence-electron chi connectivity index (χ2n) is 7.28. The lowest BCUT2D eigenvalue weighted by atomic mass is 10.1. The van der Waals surface area contributed by atoms with Crippen LogP contribution in [0.15, 0.2) is 52.3 Å². The minimum absolute atomic E-state index is 0.164. The van der Waals surface area contributed by atoms with Gasteiger partial charge in [0.15, 0.2) is 5.16 Å². The van der Waals surface area contributed by atoms with Gasteiger partial charge in [0.25, 0.3) is 5.56 Å². The molecule has 9 heteroatoms. The van der Waals surface area contributed by atoms with Crippen LogP contribution in [0.4, 0.5) is 4.79 Å². The number of imide groups is 1. The van der Waals surface area contributed by atoms with E-state index in [4.69, 9.17) is 4.98 Å². The van der Waals surface area contributed by atoms with Crippen LogP contribution in [0.25, 0.3) is 21.3 Å². The molecule has 31 heavy (non-hydrogen) atoms. The van der Waals surface area contributed by atoms with Crippen LogP contribution >= 0.6 is 23.1 Å². The Kier molecular flexibility index (Phi) is 5.97. The molecule has 1 aromatic carbocycles. The molecule has 3 amide bonds. The van der Waals surface area contributed by atoms with Crippen molar-refractivity contribution in [1.82, 2.24) is 19.8 Å². The highest BCUT2D eigenvalue weighted by atomic mass is 32.2. The summed E-state index contributed by atoms with van der Waals surface area (Å²) in [6, 6.07) is 7.64. The number of nitrogens with zero attached hydrogens (tertiary/aromatic N) is 3. The van der Waals surface area contributed by atoms with Gasteiger partial charge in [0.1, 0.15) is 4.83 Å². The highest BCUT2D eigenvalue weighted by Crippen LogP contribution is 2.33. The molecule has 1 N–H and O–H groups in total. The van der Waals surface area contributed by atoms with Gasteiger partial charge in [-0.3, -0.25) is 19.1 Å². The van der Waals surface area contributed by atoms with Crippen molar-refractivity contribution < 1.29 is 9.59 Å². The molecular formula is C22H22N4O3S2. The summed E-state index contributed by atoms with van der Waals surface area (Å²) in [5.74, 6) is -0.300. The first-order valence-electron chi connectivity index (χ1n) is 9.86. The fourth-order valence-corrected chi connectivity index (χ4v) is 5.41. The quantitative estimate of drug-likeness (QED) is 0.349. The Hall–Kier alpha value is -2.91. The maximum Gasteiger partial charge on any atom is 0.324 e. The molecule has 1 saturated heterocycles. The van der Waals surface area contributed by atoms with Crippen LogP contribution in [0.2, 0.25) is 0 Å². The number of benzene rings is 1. The standard InChI is InChI=1S/C22H22N4O3S2/c1-4-10-26-20(28)17-16(15-7-5-13(2)6-8-15)12-30-18(17)24-22(26)31-14(3)19(27)25-11-9-23-21(25)29/h4-8,12,14H,1,9-11H2,2-3H3,(H,23,29)/t14-/m0/s1. The van der Waals surface area contributed by atoms with Crippen LogP contribution in [-0.2, 0) is 11.3 Å². The first-order chi connectivity index (χ1) is 14.9. The third-order valence-electron chi connectivity index (χ3n) is 5.09. The Morgan fingerprint density at radius 3 is 2.74 bits per heavy atom. The number of hydrogen-bond donors (Lipinski definition) is 1. The summed E-state index contributed by atoms with van der Waals surface area (Å²) >= 11 is 2.59. The SMILES string of the molecule is C=CCn1c(S[C@@H](C)C(=O)N2CCNC2=O)nc2scc(-c3ccc(C)cc3)c2c1=O. The van der Waals surface area contributed by atoms with Gasteiger partial charge >= 0.3 is 6.03 Å². The lowest BCUT2D eigenvalue weighted by Crippen LogP contribution is -2.39. The van der Waals surface area contributed by atoms with Crippen molar-refractivity contribution in [3.8, 4) is 11.1 Å². The Morgan fingerprint density at radius 1 is 1.35 bits per heavy atom. The average Bonchev–Trinajstić information content (AvgIpc) is 3.37. The predicted molar refractivity (Wildman–Crippen MR) is 125 cm³/mol. The van der Waals surface area contributed by atoms with Crippen LogP contribution in [0, 0.1) is 6.92 Å². The Bertz CT molecular complexity index is 1230. The Balaban J connectivity index is 1.74. The molecule has 1 aliphatic heterocycles. The molecule has 0 unspecified atom stereocenters. The van der Waals surface area contributed by atoms with Crippen LogP contribution in [-0.4, -0.2) is 44.7 Å². The first kappa shape index (κ1) is 21.3. The minimum Gasteiger partial charge on any atom is -0.336 e. The molecule has 2 aromatic heterocycles. The predicted octanol–water partition coefficient (Wildman–Crippen LogP) is 3.65. The minimum atomic E-state index is -0.569. The summed E-state index contributed by atoms with van der Waals surface area (Å²) in [5, 5.41) is 5.01. The number of thioether (sulfide) groups is 1. The molecule has 0 bridgehead atoms. The van der Waals surface area contributed by atoms with Gasteiger partial charge in [-0.1, -0.05) is 47.7 Å². The maximum absolute atomic E-state index is 13.4. The molecule has 0 aliphatic carbocycles. The van der Waals surface area contributed by atoms with Gasteiger partial charge in [-0.15, -0.1) is 17.9 Å². The van der Waals surface area contributed by atoms with Crippen molar-refractivity contribution >= 4 is 45.3 Å². The summed E-state index contributed by atoms with van der Waals surface area (Å²) in [7, 11) is 0. The van der Waals surface area contributed by atoms with Crippen LogP contribution in [0.5, 0.6) is 0 Å². The van der Waals surface area contributed by atoms with Gasteiger partial charge in [-0.25, -0.2) is 9.78 Å². The van der Waals surface area contributed by atoms with E-state index in [1.54, 1.807) is 13.0 Å². The average molecular weight is 455 g/mol. The molecule has 1 aliphatic rings. The largest absolute Gasteiger partial charge is 0.336 e. The molecule has 0 radical (unpaired) electrons. The van der Waals surface area contributed by atoms with Crippen molar-refractivity contribution in [1.29, 1.82) is 0 Å². The second kappa shape index (κ2) is 8.68. The van der Waals surface area contributed by atoms with Gasteiger partial charge < -0.3 is 5.32 Å². The molecule has 1 fully saturated rings. The zero-order valence-corrected chi connectivity index (χ0v) is 18.9. The number of thiophene rings is 1. The molecule has 0 saturated carbocycles. The topological polar surface area (TPSA) is 84.3 Å². The molecule has 4 rings (SSSR count). The summed E-state index contributed by atoms with van der Waals surface area (Å²) in [6.07, 6.45) is 1.64. The Labute approximate surface area is 187 Å². The van der Waals surface area contributed by atoms with E-state index in [-0.39, 0.29) is 24.0 Å². The lowest BCUT2D eigenvalue weighted by molar-refractivity contribution is -0.126. The van der Waals surface area contributed by atoms with Crippen molar-refractivity contribution in [3.05, 3.63) is 58.2 Å². The van der Waals surface area contributed by atoms with Gasteiger partial charge in [0, 0.05) is 30.6 Å². The number of carbonyl (C=O) groups is 2. The van der Waals surface area contributed by atoms with E-state index in [9.17, 15) is 14.4 Å². The van der Waals surface area contributed by atoms with Gasteiger partial charge in [0.2, 0.25) is 5.91 Å². The number of aryl methyl sites for hydroxylation is 1. The number of amides is 3.